The first-order chi connectivity index (χ1) is 9.63. The summed E-state index contributed by atoms with van der Waals surface area (Å²) in [6.07, 6.45) is 0.429. The molecule has 5 nitrogen and oxygen atoms in total. The van der Waals surface area contributed by atoms with Gasteiger partial charge in [0, 0.05) is 24.9 Å². The molecule has 0 radical (unpaired) electrons. The van der Waals surface area contributed by atoms with Crippen molar-refractivity contribution in [3.05, 3.63) is 35.9 Å². The van der Waals surface area contributed by atoms with Gasteiger partial charge in [0.15, 0.2) is 5.78 Å². The molecule has 0 aliphatic heterocycles. The Labute approximate surface area is 118 Å². The number of carbonyl (C=O) groups is 3. The summed E-state index contributed by atoms with van der Waals surface area (Å²) in [7, 11) is 0. The van der Waals surface area contributed by atoms with Crippen molar-refractivity contribution in [2.24, 2.45) is 0 Å². The van der Waals surface area contributed by atoms with Crippen molar-refractivity contribution >= 4 is 17.7 Å². The fourth-order valence-electron chi connectivity index (χ4n) is 1.62. The number of Topliss-reactive ketones (excluding diaryl/α,β-unsaturated/α-hetero) is 1. The summed E-state index contributed by atoms with van der Waals surface area (Å²) in [4.78, 5) is 34.3. The molecule has 5 heteroatoms. The van der Waals surface area contributed by atoms with Crippen LogP contribution < -0.4 is 5.32 Å². The van der Waals surface area contributed by atoms with Gasteiger partial charge in [0.25, 0.3) is 0 Å². The number of hydrogen-bond donors (Lipinski definition) is 1. The van der Waals surface area contributed by atoms with Gasteiger partial charge in [-0.3, -0.25) is 14.4 Å². The van der Waals surface area contributed by atoms with Gasteiger partial charge in [-0.1, -0.05) is 30.3 Å². The van der Waals surface area contributed by atoms with E-state index in [4.69, 9.17) is 4.74 Å². The third-order valence-corrected chi connectivity index (χ3v) is 2.63. The molecular weight excluding hydrogens is 258 g/mol. The highest BCUT2D eigenvalue weighted by Gasteiger charge is 2.09. The van der Waals surface area contributed by atoms with Gasteiger partial charge in [0.1, 0.15) is 0 Å². The number of ether oxygens (including phenoxy) is 1. The first-order valence-electron chi connectivity index (χ1n) is 6.64. The van der Waals surface area contributed by atoms with Crippen LogP contribution in [-0.4, -0.2) is 30.8 Å². The average Bonchev–Trinajstić information content (AvgIpc) is 2.46. The lowest BCUT2D eigenvalue weighted by molar-refractivity contribution is -0.143. The number of amides is 1. The molecule has 0 aliphatic carbocycles. The fraction of sp³-hybridized carbons (Fsp3) is 0.400. The van der Waals surface area contributed by atoms with Crippen LogP contribution in [0.15, 0.2) is 30.3 Å². The van der Waals surface area contributed by atoms with Crippen LogP contribution >= 0.6 is 0 Å². The van der Waals surface area contributed by atoms with Crippen molar-refractivity contribution in [2.45, 2.75) is 26.2 Å². The molecule has 1 aromatic carbocycles. The molecule has 0 aliphatic rings. The molecule has 1 amide bonds. The summed E-state index contributed by atoms with van der Waals surface area (Å²) in [5, 5.41) is 2.59. The van der Waals surface area contributed by atoms with Crippen LogP contribution in [0.5, 0.6) is 0 Å². The van der Waals surface area contributed by atoms with Gasteiger partial charge in [0.2, 0.25) is 5.91 Å². The Kier molecular flexibility index (Phi) is 7.03. The summed E-state index contributed by atoms with van der Waals surface area (Å²) in [6, 6.07) is 8.85. The smallest absolute Gasteiger partial charge is 0.307 e. The van der Waals surface area contributed by atoms with E-state index in [0.29, 0.717) is 12.2 Å². The van der Waals surface area contributed by atoms with Crippen LogP contribution in [0.2, 0.25) is 0 Å². The van der Waals surface area contributed by atoms with E-state index in [1.165, 1.54) is 0 Å². The summed E-state index contributed by atoms with van der Waals surface area (Å²) in [6.45, 7) is 2.29. The molecule has 0 saturated carbocycles. The molecule has 0 unspecified atom stereocenters. The minimum absolute atomic E-state index is 0.0638. The molecular formula is C15H19NO4. The second-order valence-corrected chi connectivity index (χ2v) is 4.19. The van der Waals surface area contributed by atoms with E-state index in [-0.39, 0.29) is 43.5 Å². The minimum Gasteiger partial charge on any atom is -0.466 e. The predicted molar refractivity (Wildman–Crippen MR) is 74.3 cm³/mol. The lowest BCUT2D eigenvalue weighted by Gasteiger charge is -2.05. The number of hydrogen-bond acceptors (Lipinski definition) is 4. The standard InChI is InChI=1S/C15H19NO4/c1-2-20-15(19)10-11-16-14(18)9-8-13(17)12-6-4-3-5-7-12/h3-7H,2,8-11H2,1H3,(H,16,18). The molecule has 0 saturated heterocycles. The van der Waals surface area contributed by atoms with Crippen molar-refractivity contribution in [1.29, 1.82) is 0 Å². The van der Waals surface area contributed by atoms with Gasteiger partial charge in [-0.15, -0.1) is 0 Å². The Bertz CT molecular complexity index is 456. The van der Waals surface area contributed by atoms with Gasteiger partial charge in [-0.25, -0.2) is 0 Å². The van der Waals surface area contributed by atoms with Gasteiger partial charge in [-0.05, 0) is 6.92 Å². The van der Waals surface area contributed by atoms with Crippen LogP contribution in [0.1, 0.15) is 36.5 Å². The highest BCUT2D eigenvalue weighted by Crippen LogP contribution is 2.04. The Morgan fingerprint density at radius 1 is 1.05 bits per heavy atom. The Hall–Kier alpha value is -2.17. The first kappa shape index (κ1) is 15.9. The van der Waals surface area contributed by atoms with Gasteiger partial charge in [0.05, 0.1) is 13.0 Å². The number of rotatable bonds is 8. The Morgan fingerprint density at radius 2 is 1.75 bits per heavy atom. The molecule has 108 valence electrons. The molecule has 0 atom stereocenters. The molecule has 0 aromatic heterocycles. The molecule has 0 fully saturated rings. The summed E-state index contributed by atoms with van der Waals surface area (Å²) in [5.74, 6) is -0.641. The lowest BCUT2D eigenvalue weighted by atomic mass is 10.1. The number of ketones is 1. The number of benzene rings is 1. The highest BCUT2D eigenvalue weighted by atomic mass is 16.5. The van der Waals surface area contributed by atoms with Crippen LogP contribution in [0, 0.1) is 0 Å². The summed E-state index contributed by atoms with van der Waals surface area (Å²) in [5.41, 5.74) is 0.604. The second kappa shape index (κ2) is 8.85. The minimum atomic E-state index is -0.340. The maximum Gasteiger partial charge on any atom is 0.307 e. The van der Waals surface area contributed by atoms with Crippen molar-refractivity contribution in [2.75, 3.05) is 13.2 Å². The molecule has 1 aromatic rings. The third kappa shape index (κ3) is 6.13. The van der Waals surface area contributed by atoms with Crippen LogP contribution in [0.25, 0.3) is 0 Å². The third-order valence-electron chi connectivity index (χ3n) is 2.63. The predicted octanol–water partition coefficient (Wildman–Crippen LogP) is 1.72. The molecule has 0 heterocycles. The van der Waals surface area contributed by atoms with E-state index in [1.54, 1.807) is 31.2 Å². The maximum atomic E-state index is 11.8. The van der Waals surface area contributed by atoms with Gasteiger partial charge < -0.3 is 10.1 Å². The SMILES string of the molecule is CCOC(=O)CCNC(=O)CCC(=O)c1ccccc1. The number of carbonyl (C=O) groups excluding carboxylic acids is 3. The number of nitrogens with one attached hydrogen (secondary N) is 1. The van der Waals surface area contributed by atoms with E-state index < -0.39 is 0 Å². The van der Waals surface area contributed by atoms with Crippen molar-refractivity contribution in [1.82, 2.24) is 5.32 Å². The van der Waals surface area contributed by atoms with Crippen molar-refractivity contribution < 1.29 is 19.1 Å². The molecule has 0 bridgehead atoms. The fourth-order valence-corrected chi connectivity index (χ4v) is 1.62. The first-order valence-corrected chi connectivity index (χ1v) is 6.64. The zero-order valence-electron chi connectivity index (χ0n) is 11.6. The van der Waals surface area contributed by atoms with Gasteiger partial charge >= 0.3 is 5.97 Å². The zero-order chi connectivity index (χ0) is 14.8. The van der Waals surface area contributed by atoms with E-state index in [0.717, 1.165) is 0 Å². The summed E-state index contributed by atoms with van der Waals surface area (Å²) >= 11 is 0. The summed E-state index contributed by atoms with van der Waals surface area (Å²) < 4.78 is 4.74. The number of esters is 1. The molecule has 20 heavy (non-hydrogen) atoms. The normalized spacial score (nSPS) is 9.85. The second-order valence-electron chi connectivity index (χ2n) is 4.19. The Balaban J connectivity index is 2.20. The van der Waals surface area contributed by atoms with E-state index in [1.807, 2.05) is 6.07 Å². The van der Waals surface area contributed by atoms with Crippen LogP contribution in [0.4, 0.5) is 0 Å². The van der Waals surface area contributed by atoms with E-state index in [2.05, 4.69) is 5.32 Å². The zero-order valence-corrected chi connectivity index (χ0v) is 11.6. The van der Waals surface area contributed by atoms with Crippen LogP contribution in [-0.2, 0) is 14.3 Å². The molecule has 1 rings (SSSR count). The largest absolute Gasteiger partial charge is 0.466 e. The average molecular weight is 277 g/mol. The Morgan fingerprint density at radius 3 is 2.40 bits per heavy atom. The van der Waals surface area contributed by atoms with Gasteiger partial charge in [-0.2, -0.15) is 0 Å². The topological polar surface area (TPSA) is 72.5 Å². The monoisotopic (exact) mass is 277 g/mol. The quantitative estimate of drug-likeness (QED) is 0.580. The lowest BCUT2D eigenvalue weighted by Crippen LogP contribution is -2.26. The van der Waals surface area contributed by atoms with Crippen molar-refractivity contribution in [3.8, 4) is 0 Å². The van der Waals surface area contributed by atoms with Crippen molar-refractivity contribution in [3.63, 3.8) is 0 Å². The molecule has 1 N–H and O–H groups in total. The maximum absolute atomic E-state index is 11.8. The molecule has 0 spiro atoms. The van der Waals surface area contributed by atoms with E-state index >= 15 is 0 Å². The highest BCUT2D eigenvalue weighted by molar-refractivity contribution is 5.97. The van der Waals surface area contributed by atoms with E-state index in [9.17, 15) is 14.4 Å². The van der Waals surface area contributed by atoms with Crippen LogP contribution in [0.3, 0.4) is 0 Å².